The van der Waals surface area contributed by atoms with Crippen molar-refractivity contribution >= 4 is 11.8 Å². The molecule has 1 fully saturated rings. The van der Waals surface area contributed by atoms with E-state index in [0.717, 1.165) is 42.6 Å². The molecule has 1 heterocycles. The number of fused-ring (bicyclic) bond motifs is 1. The molecule has 5 heteroatoms. The van der Waals surface area contributed by atoms with Gasteiger partial charge in [0, 0.05) is 18.2 Å². The van der Waals surface area contributed by atoms with E-state index in [4.69, 9.17) is 4.74 Å². The third kappa shape index (κ3) is 4.14. The molecular formula is C24H28N2O3. The SMILES string of the molecule is COc1cccc(CN2C(=O)c3ccccc3[C@H]2C(=O)NC2CCCCCC2)c1. The molecule has 152 valence electrons. The standard InChI is InChI=1S/C24H28N2O3/c1-29-19-12-8-9-17(15-19)16-26-22(20-13-6-7-14-21(20)24(26)28)23(27)25-18-10-4-2-3-5-11-18/h6-9,12-15,18,22H,2-5,10-11,16H2,1H3,(H,25,27)/t22-/m0/s1. The van der Waals surface area contributed by atoms with Crippen molar-refractivity contribution in [1.82, 2.24) is 10.2 Å². The predicted molar refractivity (Wildman–Crippen MR) is 112 cm³/mol. The fourth-order valence-electron chi connectivity index (χ4n) is 4.49. The molecule has 4 rings (SSSR count). The number of rotatable bonds is 5. The summed E-state index contributed by atoms with van der Waals surface area (Å²) >= 11 is 0. The maximum absolute atomic E-state index is 13.3. The second-order valence-electron chi connectivity index (χ2n) is 7.97. The molecular weight excluding hydrogens is 364 g/mol. The van der Waals surface area contributed by atoms with E-state index < -0.39 is 6.04 Å². The molecule has 5 nitrogen and oxygen atoms in total. The van der Waals surface area contributed by atoms with Crippen LogP contribution in [-0.2, 0) is 11.3 Å². The quantitative estimate of drug-likeness (QED) is 0.775. The minimum absolute atomic E-state index is 0.0712. The topological polar surface area (TPSA) is 58.6 Å². The third-order valence-electron chi connectivity index (χ3n) is 6.00. The zero-order valence-corrected chi connectivity index (χ0v) is 16.9. The molecule has 1 N–H and O–H groups in total. The van der Waals surface area contributed by atoms with E-state index in [1.54, 1.807) is 12.0 Å². The van der Waals surface area contributed by atoms with Crippen molar-refractivity contribution in [1.29, 1.82) is 0 Å². The Balaban J connectivity index is 1.60. The van der Waals surface area contributed by atoms with Crippen LogP contribution in [0, 0.1) is 0 Å². The van der Waals surface area contributed by atoms with Crippen LogP contribution in [0.5, 0.6) is 5.75 Å². The van der Waals surface area contributed by atoms with Gasteiger partial charge in [-0.15, -0.1) is 0 Å². The minimum atomic E-state index is -0.590. The Morgan fingerprint density at radius 2 is 1.83 bits per heavy atom. The molecule has 0 bridgehead atoms. The summed E-state index contributed by atoms with van der Waals surface area (Å²) in [6.07, 6.45) is 6.81. The van der Waals surface area contributed by atoms with E-state index in [0.29, 0.717) is 12.1 Å². The molecule has 2 amide bonds. The normalized spacial score (nSPS) is 19.6. The maximum atomic E-state index is 13.3. The highest BCUT2D eigenvalue weighted by Gasteiger charge is 2.41. The maximum Gasteiger partial charge on any atom is 0.255 e. The van der Waals surface area contributed by atoms with Gasteiger partial charge in [-0.25, -0.2) is 0 Å². The van der Waals surface area contributed by atoms with Gasteiger partial charge in [0.15, 0.2) is 0 Å². The molecule has 1 aliphatic heterocycles. The van der Waals surface area contributed by atoms with Crippen LogP contribution in [0.1, 0.15) is 66.1 Å². The number of amides is 2. The van der Waals surface area contributed by atoms with Gasteiger partial charge < -0.3 is 15.0 Å². The highest BCUT2D eigenvalue weighted by molar-refractivity contribution is 6.04. The van der Waals surface area contributed by atoms with Crippen molar-refractivity contribution in [2.75, 3.05) is 7.11 Å². The number of methoxy groups -OCH3 is 1. The van der Waals surface area contributed by atoms with Crippen LogP contribution in [0.3, 0.4) is 0 Å². The summed E-state index contributed by atoms with van der Waals surface area (Å²) < 4.78 is 5.31. The van der Waals surface area contributed by atoms with Gasteiger partial charge in [0.05, 0.1) is 7.11 Å². The second kappa shape index (κ2) is 8.68. The lowest BCUT2D eigenvalue weighted by Crippen LogP contribution is -2.43. The molecule has 1 atom stereocenters. The summed E-state index contributed by atoms with van der Waals surface area (Å²) in [5.41, 5.74) is 2.36. The van der Waals surface area contributed by atoms with Crippen LogP contribution in [0.4, 0.5) is 0 Å². The number of carbonyl (C=O) groups is 2. The van der Waals surface area contributed by atoms with Crippen molar-refractivity contribution in [3.63, 3.8) is 0 Å². The van der Waals surface area contributed by atoms with Crippen LogP contribution in [0.15, 0.2) is 48.5 Å². The lowest BCUT2D eigenvalue weighted by Gasteiger charge is -2.27. The van der Waals surface area contributed by atoms with Gasteiger partial charge in [-0.05, 0) is 42.2 Å². The van der Waals surface area contributed by atoms with E-state index in [1.165, 1.54) is 12.8 Å². The average molecular weight is 392 g/mol. The minimum Gasteiger partial charge on any atom is -0.497 e. The number of benzene rings is 2. The third-order valence-corrected chi connectivity index (χ3v) is 6.00. The second-order valence-corrected chi connectivity index (χ2v) is 7.97. The summed E-state index contributed by atoms with van der Waals surface area (Å²) in [7, 11) is 1.62. The largest absolute Gasteiger partial charge is 0.497 e. The summed E-state index contributed by atoms with van der Waals surface area (Å²) in [5, 5.41) is 3.24. The first-order valence-corrected chi connectivity index (χ1v) is 10.5. The zero-order valence-electron chi connectivity index (χ0n) is 16.9. The van der Waals surface area contributed by atoms with Crippen LogP contribution < -0.4 is 10.1 Å². The molecule has 1 saturated carbocycles. The average Bonchev–Trinajstić information content (AvgIpc) is 2.89. The smallest absolute Gasteiger partial charge is 0.255 e. The summed E-state index contributed by atoms with van der Waals surface area (Å²) in [6.45, 7) is 0.369. The highest BCUT2D eigenvalue weighted by Crippen LogP contribution is 2.35. The Labute approximate surface area is 172 Å². The van der Waals surface area contributed by atoms with E-state index in [-0.39, 0.29) is 17.9 Å². The molecule has 0 saturated heterocycles. The van der Waals surface area contributed by atoms with Crippen molar-refractivity contribution in [3.8, 4) is 5.75 Å². The monoisotopic (exact) mass is 392 g/mol. The van der Waals surface area contributed by atoms with E-state index in [1.807, 2.05) is 48.5 Å². The fourth-order valence-corrected chi connectivity index (χ4v) is 4.49. The van der Waals surface area contributed by atoms with Crippen molar-refractivity contribution < 1.29 is 14.3 Å². The highest BCUT2D eigenvalue weighted by atomic mass is 16.5. The predicted octanol–water partition coefficient (Wildman–Crippen LogP) is 4.23. The number of carbonyl (C=O) groups excluding carboxylic acids is 2. The molecule has 0 radical (unpaired) electrons. The number of nitrogens with one attached hydrogen (secondary N) is 1. The first kappa shape index (κ1) is 19.5. The van der Waals surface area contributed by atoms with Gasteiger partial charge in [-0.1, -0.05) is 56.0 Å². The molecule has 0 spiro atoms. The Hall–Kier alpha value is -2.82. The van der Waals surface area contributed by atoms with Crippen LogP contribution in [-0.4, -0.2) is 29.9 Å². The Kier molecular flexibility index (Phi) is 5.84. The van der Waals surface area contributed by atoms with Crippen LogP contribution >= 0.6 is 0 Å². The number of hydrogen-bond acceptors (Lipinski definition) is 3. The number of nitrogens with zero attached hydrogens (tertiary/aromatic N) is 1. The molecule has 29 heavy (non-hydrogen) atoms. The summed E-state index contributed by atoms with van der Waals surface area (Å²) in [5.74, 6) is 0.577. The van der Waals surface area contributed by atoms with E-state index in [9.17, 15) is 9.59 Å². The Bertz CT molecular complexity index is 887. The van der Waals surface area contributed by atoms with Crippen molar-refractivity contribution in [2.45, 2.75) is 57.2 Å². The Morgan fingerprint density at radius 3 is 2.59 bits per heavy atom. The lowest BCUT2D eigenvalue weighted by molar-refractivity contribution is -0.126. The van der Waals surface area contributed by atoms with Crippen LogP contribution in [0.2, 0.25) is 0 Å². The number of hydrogen-bond donors (Lipinski definition) is 1. The molecule has 2 aromatic rings. The van der Waals surface area contributed by atoms with Crippen molar-refractivity contribution in [2.24, 2.45) is 0 Å². The van der Waals surface area contributed by atoms with Crippen LogP contribution in [0.25, 0.3) is 0 Å². The zero-order chi connectivity index (χ0) is 20.2. The van der Waals surface area contributed by atoms with Gasteiger partial charge in [0.2, 0.25) is 5.91 Å². The van der Waals surface area contributed by atoms with Gasteiger partial charge in [-0.2, -0.15) is 0 Å². The first-order valence-electron chi connectivity index (χ1n) is 10.5. The molecule has 2 aliphatic rings. The Morgan fingerprint density at radius 1 is 1.07 bits per heavy atom. The molecule has 2 aromatic carbocycles. The van der Waals surface area contributed by atoms with Crippen molar-refractivity contribution in [3.05, 3.63) is 65.2 Å². The van der Waals surface area contributed by atoms with Gasteiger partial charge in [-0.3, -0.25) is 9.59 Å². The van der Waals surface area contributed by atoms with Gasteiger partial charge >= 0.3 is 0 Å². The molecule has 0 unspecified atom stereocenters. The van der Waals surface area contributed by atoms with E-state index >= 15 is 0 Å². The first-order chi connectivity index (χ1) is 14.2. The summed E-state index contributed by atoms with van der Waals surface area (Å²) in [6, 6.07) is 14.7. The summed E-state index contributed by atoms with van der Waals surface area (Å²) in [4.78, 5) is 28.1. The van der Waals surface area contributed by atoms with Gasteiger partial charge in [0.1, 0.15) is 11.8 Å². The van der Waals surface area contributed by atoms with Gasteiger partial charge in [0.25, 0.3) is 5.91 Å². The molecule has 0 aromatic heterocycles. The fraction of sp³-hybridized carbons (Fsp3) is 0.417. The lowest BCUT2D eigenvalue weighted by atomic mass is 10.0. The van der Waals surface area contributed by atoms with E-state index in [2.05, 4.69) is 5.32 Å². The molecule has 1 aliphatic carbocycles. The number of ether oxygens (including phenoxy) is 1.